The van der Waals surface area contributed by atoms with Gasteiger partial charge in [-0.2, -0.15) is 0 Å². The minimum Gasteiger partial charge on any atom is -0.356 e. The number of para-hydroxylation sites is 1. The highest BCUT2D eigenvalue weighted by molar-refractivity contribution is 14.1. The molecule has 1 saturated carbocycles. The molecule has 0 unspecified atom stereocenters. The Kier molecular flexibility index (Phi) is 12.3. The lowest BCUT2D eigenvalue weighted by atomic mass is 9.85. The van der Waals surface area contributed by atoms with Gasteiger partial charge in [0.15, 0.2) is 0 Å². The van der Waals surface area contributed by atoms with Crippen LogP contribution in [0.3, 0.4) is 0 Å². The molecule has 1 aliphatic carbocycles. The number of nitrogens with one attached hydrogen (secondary N) is 2. The molecule has 1 aromatic heterocycles. The van der Waals surface area contributed by atoms with E-state index in [1.165, 1.54) is 22.8 Å². The zero-order valence-corrected chi connectivity index (χ0v) is 27.2. The van der Waals surface area contributed by atoms with Crippen LogP contribution in [0.5, 0.6) is 0 Å². The fourth-order valence-electron chi connectivity index (χ4n) is 5.92. The van der Waals surface area contributed by atoms with Crippen LogP contribution in [-0.4, -0.2) is 45.8 Å². The number of benzene rings is 2. The molecule has 1 heterocycles. The fraction of sp³-hybridized carbons (Fsp3) is 0.500. The number of unbranched alkanes of at least 4 members (excludes halogenated alkanes) is 3. The Hall–Kier alpha value is -2.88. The largest absolute Gasteiger partial charge is 0.356 e. The average molecular weight is 685 g/mol. The molecule has 2 N–H and O–H groups in total. The Balaban J connectivity index is 1.38. The van der Waals surface area contributed by atoms with E-state index in [9.17, 15) is 14.4 Å². The van der Waals surface area contributed by atoms with Crippen molar-refractivity contribution in [2.24, 2.45) is 5.92 Å². The van der Waals surface area contributed by atoms with Crippen molar-refractivity contribution in [2.45, 2.75) is 84.2 Å². The highest BCUT2D eigenvalue weighted by Crippen LogP contribution is 2.26. The predicted molar refractivity (Wildman–Crippen MR) is 179 cm³/mol. The van der Waals surface area contributed by atoms with Crippen LogP contribution >= 0.6 is 22.6 Å². The van der Waals surface area contributed by atoms with Crippen LogP contribution in [0, 0.1) is 5.92 Å². The molecule has 2 aromatic carbocycles. The number of halogens is 1. The molecule has 0 spiro atoms. The lowest BCUT2D eigenvalue weighted by Gasteiger charge is -2.28. The lowest BCUT2D eigenvalue weighted by Crippen LogP contribution is -2.42. The van der Waals surface area contributed by atoms with E-state index in [1.54, 1.807) is 4.90 Å². The summed E-state index contributed by atoms with van der Waals surface area (Å²) >= 11 is 2.40. The average Bonchev–Trinajstić information content (AvgIpc) is 3.38. The summed E-state index contributed by atoms with van der Waals surface area (Å²) in [5, 5.41) is 7.26. The van der Waals surface area contributed by atoms with Crippen LogP contribution < -0.4 is 15.5 Å². The van der Waals surface area contributed by atoms with Gasteiger partial charge in [-0.1, -0.05) is 72.7 Å². The van der Waals surface area contributed by atoms with E-state index in [-0.39, 0.29) is 36.2 Å². The minimum atomic E-state index is -0.172. The number of aryl methyl sites for hydroxylation is 1. The topological polar surface area (TPSA) is 83.4 Å². The smallest absolute Gasteiger partial charge is 0.268 e. The number of rotatable bonds is 14. The van der Waals surface area contributed by atoms with Crippen LogP contribution in [0.1, 0.15) is 81.3 Å². The van der Waals surface area contributed by atoms with Gasteiger partial charge in [-0.25, -0.2) is 0 Å². The minimum absolute atomic E-state index is 0.0147. The van der Waals surface area contributed by atoms with E-state index in [0.717, 1.165) is 68.1 Å². The summed E-state index contributed by atoms with van der Waals surface area (Å²) in [6.45, 7) is 5.44. The SMILES string of the molecule is CCc1cccc(N(CC)C(=O)Cn2c(C(=O)NC3CCC(C(=O)NCCCCCCI)CC3)cc3ccccc32)c1. The number of alkyl halides is 1. The quantitative estimate of drug-likeness (QED) is 0.113. The second-order valence-electron chi connectivity index (χ2n) is 11.3. The Morgan fingerprint density at radius 2 is 1.69 bits per heavy atom. The fourth-order valence-corrected chi connectivity index (χ4v) is 6.46. The van der Waals surface area contributed by atoms with Crippen LogP contribution in [0.25, 0.3) is 10.9 Å². The number of fused-ring (bicyclic) bond motifs is 1. The molecule has 4 rings (SSSR count). The van der Waals surface area contributed by atoms with E-state index in [0.29, 0.717) is 12.2 Å². The number of carbonyl (C=O) groups excluding carboxylic acids is 3. The van der Waals surface area contributed by atoms with Crippen LogP contribution in [0.2, 0.25) is 0 Å². The zero-order chi connectivity index (χ0) is 29.9. The zero-order valence-electron chi connectivity index (χ0n) is 25.0. The molecule has 3 amide bonds. The van der Waals surface area contributed by atoms with Crippen molar-refractivity contribution < 1.29 is 14.4 Å². The van der Waals surface area contributed by atoms with Gasteiger partial charge in [-0.3, -0.25) is 14.4 Å². The first-order valence-electron chi connectivity index (χ1n) is 15.6. The molecule has 0 aliphatic heterocycles. The number of nitrogens with zero attached hydrogens (tertiary/aromatic N) is 2. The number of likely N-dealkylation sites (N-methyl/N-ethyl adjacent to an activating group) is 1. The van der Waals surface area contributed by atoms with Crippen LogP contribution in [-0.2, 0) is 22.6 Å². The first-order valence-corrected chi connectivity index (χ1v) is 17.1. The van der Waals surface area contributed by atoms with Crippen molar-refractivity contribution in [1.82, 2.24) is 15.2 Å². The molecule has 8 heteroatoms. The number of hydrogen-bond acceptors (Lipinski definition) is 3. The third-order valence-corrected chi connectivity index (χ3v) is 9.14. The van der Waals surface area contributed by atoms with Gasteiger partial charge in [-0.15, -0.1) is 0 Å². The standard InChI is InChI=1S/C34H45IN4O3/c1-3-25-12-11-14-29(22-25)38(4-2)32(40)24-39-30-15-8-7-13-27(30)23-31(39)34(42)37-28-18-16-26(17-19-28)33(41)36-21-10-6-5-9-20-35/h7-8,11-15,22-23,26,28H,3-6,9-10,16-21,24H2,1-2H3,(H,36,41)(H,37,42). The van der Waals surface area contributed by atoms with Crippen molar-refractivity contribution in [2.75, 3.05) is 22.4 Å². The number of anilines is 1. The van der Waals surface area contributed by atoms with E-state index in [2.05, 4.69) is 52.3 Å². The Morgan fingerprint density at radius 3 is 2.43 bits per heavy atom. The normalized spacial score (nSPS) is 16.7. The number of aromatic nitrogens is 1. The van der Waals surface area contributed by atoms with Crippen molar-refractivity contribution >= 4 is 56.9 Å². The second-order valence-corrected chi connectivity index (χ2v) is 12.3. The number of hydrogen-bond donors (Lipinski definition) is 2. The summed E-state index contributed by atoms with van der Waals surface area (Å²) < 4.78 is 3.04. The molecule has 1 aliphatic rings. The molecule has 0 bridgehead atoms. The maximum Gasteiger partial charge on any atom is 0.268 e. The molecular formula is C34H45IN4O3. The third-order valence-electron chi connectivity index (χ3n) is 8.38. The third kappa shape index (κ3) is 8.36. The Labute approximate surface area is 263 Å². The van der Waals surface area contributed by atoms with Crippen molar-refractivity contribution in [3.63, 3.8) is 0 Å². The van der Waals surface area contributed by atoms with E-state index >= 15 is 0 Å². The molecule has 1 fully saturated rings. The molecule has 0 saturated heterocycles. The summed E-state index contributed by atoms with van der Waals surface area (Å²) in [6.07, 6.45) is 8.65. The van der Waals surface area contributed by atoms with Crippen LogP contribution in [0.4, 0.5) is 5.69 Å². The van der Waals surface area contributed by atoms with E-state index in [4.69, 9.17) is 0 Å². The van der Waals surface area contributed by atoms with Crippen molar-refractivity contribution in [3.8, 4) is 0 Å². The van der Waals surface area contributed by atoms with Crippen molar-refractivity contribution in [3.05, 3.63) is 65.9 Å². The molecule has 0 radical (unpaired) electrons. The van der Waals surface area contributed by atoms with Gasteiger partial charge in [0.1, 0.15) is 12.2 Å². The lowest BCUT2D eigenvalue weighted by molar-refractivity contribution is -0.126. The summed E-state index contributed by atoms with van der Waals surface area (Å²) in [6, 6.07) is 17.8. The van der Waals surface area contributed by atoms with Gasteiger partial charge < -0.3 is 20.1 Å². The number of carbonyl (C=O) groups is 3. The van der Waals surface area contributed by atoms with Crippen LogP contribution in [0.15, 0.2) is 54.6 Å². The maximum atomic E-state index is 13.6. The van der Waals surface area contributed by atoms with Gasteiger partial charge in [0.2, 0.25) is 11.8 Å². The molecule has 226 valence electrons. The summed E-state index contributed by atoms with van der Waals surface area (Å²) in [4.78, 5) is 41.7. The maximum absolute atomic E-state index is 13.6. The first-order chi connectivity index (χ1) is 20.4. The molecule has 3 aromatic rings. The van der Waals surface area contributed by atoms with Gasteiger partial charge in [0.25, 0.3) is 5.91 Å². The van der Waals surface area contributed by atoms with E-state index in [1.807, 2.05) is 54.0 Å². The van der Waals surface area contributed by atoms with Crippen molar-refractivity contribution in [1.29, 1.82) is 0 Å². The second kappa shape index (κ2) is 16.1. The highest BCUT2D eigenvalue weighted by Gasteiger charge is 2.28. The summed E-state index contributed by atoms with van der Waals surface area (Å²) in [5.74, 6) is -0.0628. The highest BCUT2D eigenvalue weighted by atomic mass is 127. The summed E-state index contributed by atoms with van der Waals surface area (Å²) in [7, 11) is 0. The van der Waals surface area contributed by atoms with Gasteiger partial charge in [-0.05, 0) is 86.1 Å². The Bertz CT molecular complexity index is 1350. The Morgan fingerprint density at radius 1 is 0.929 bits per heavy atom. The van der Waals surface area contributed by atoms with Gasteiger partial charge >= 0.3 is 0 Å². The summed E-state index contributed by atoms with van der Waals surface area (Å²) in [5.41, 5.74) is 3.41. The predicted octanol–water partition coefficient (Wildman–Crippen LogP) is 6.66. The van der Waals surface area contributed by atoms with E-state index < -0.39 is 0 Å². The molecule has 42 heavy (non-hydrogen) atoms. The first kappa shape index (κ1) is 32.0. The molecule has 0 atom stereocenters. The molecule has 7 nitrogen and oxygen atoms in total. The van der Waals surface area contributed by atoms with Gasteiger partial charge in [0, 0.05) is 41.6 Å². The molecular weight excluding hydrogens is 639 g/mol. The monoisotopic (exact) mass is 684 g/mol. The van der Waals surface area contributed by atoms with Gasteiger partial charge in [0.05, 0.1) is 0 Å². The number of amides is 3.